The van der Waals surface area contributed by atoms with E-state index in [1.54, 1.807) is 11.3 Å². The van der Waals surface area contributed by atoms with Gasteiger partial charge in [-0.3, -0.25) is 0 Å². The number of aliphatic hydroxyl groups excluding tert-OH is 1. The number of nitrogens with zero attached hydrogens (tertiary/aromatic N) is 1. The van der Waals surface area contributed by atoms with E-state index in [4.69, 9.17) is 0 Å². The summed E-state index contributed by atoms with van der Waals surface area (Å²) in [5, 5.41) is 11.3. The van der Waals surface area contributed by atoms with Gasteiger partial charge in [0.15, 0.2) is 0 Å². The second-order valence-corrected chi connectivity index (χ2v) is 4.82. The Morgan fingerprint density at radius 1 is 1.56 bits per heavy atom. The van der Waals surface area contributed by atoms with E-state index in [9.17, 15) is 5.11 Å². The topological polar surface area (TPSA) is 48.9 Å². The first-order valence-electron chi connectivity index (χ1n) is 5.46. The lowest BCUT2D eigenvalue weighted by atomic mass is 10.1. The minimum Gasteiger partial charge on any atom is -0.396 e. The van der Waals surface area contributed by atoms with Crippen molar-refractivity contribution >= 4 is 11.3 Å². The summed E-state index contributed by atoms with van der Waals surface area (Å²) in [6.45, 7) is 4.29. The van der Waals surface area contributed by atoms with Gasteiger partial charge in [0, 0.05) is 5.92 Å². The maximum Gasteiger partial charge on any atom is 0.111 e. The van der Waals surface area contributed by atoms with Crippen LogP contribution in [0.25, 0.3) is 10.6 Å². The van der Waals surface area contributed by atoms with Gasteiger partial charge in [-0.05, 0) is 30.4 Å². The molecule has 0 aliphatic carbocycles. The van der Waals surface area contributed by atoms with Gasteiger partial charge < -0.3 is 10.1 Å². The molecule has 2 heterocycles. The molecular weight excluding hydrogens is 220 g/mol. The molecule has 0 saturated heterocycles. The first kappa shape index (κ1) is 11.4. The second kappa shape index (κ2) is 4.80. The van der Waals surface area contributed by atoms with Gasteiger partial charge in [0.2, 0.25) is 0 Å². The van der Waals surface area contributed by atoms with Gasteiger partial charge in [0.05, 0.1) is 23.4 Å². The van der Waals surface area contributed by atoms with Crippen LogP contribution in [0.3, 0.4) is 0 Å². The van der Waals surface area contributed by atoms with Crippen LogP contribution in [0.1, 0.15) is 30.7 Å². The number of aliphatic hydroxyl groups is 1. The number of imidazole rings is 1. The van der Waals surface area contributed by atoms with Crippen molar-refractivity contribution in [2.75, 3.05) is 6.61 Å². The third-order valence-corrected chi connectivity index (χ3v) is 3.85. The fourth-order valence-electron chi connectivity index (χ4n) is 1.72. The van der Waals surface area contributed by atoms with Crippen molar-refractivity contribution in [3.8, 4) is 10.6 Å². The number of aromatic amines is 1. The zero-order valence-electron chi connectivity index (χ0n) is 9.53. The van der Waals surface area contributed by atoms with E-state index in [0.29, 0.717) is 0 Å². The molecule has 0 bridgehead atoms. The molecule has 86 valence electrons. The molecule has 0 saturated carbocycles. The van der Waals surface area contributed by atoms with Crippen LogP contribution in [0.2, 0.25) is 0 Å². The molecule has 2 N–H and O–H groups in total. The Kier molecular flexibility index (Phi) is 3.41. The van der Waals surface area contributed by atoms with Crippen molar-refractivity contribution in [1.29, 1.82) is 0 Å². The number of rotatable bonds is 4. The molecule has 2 aromatic heterocycles. The predicted octanol–water partition coefficient (Wildman–Crippen LogP) is 2.93. The number of nitrogens with one attached hydrogen (secondary N) is 1. The molecule has 1 unspecified atom stereocenters. The Bertz CT molecular complexity index is 457. The van der Waals surface area contributed by atoms with Crippen LogP contribution in [-0.4, -0.2) is 21.7 Å². The summed E-state index contributed by atoms with van der Waals surface area (Å²) < 4.78 is 0. The number of hydrogen-bond donors (Lipinski definition) is 2. The molecule has 2 aromatic rings. The molecule has 0 fully saturated rings. The van der Waals surface area contributed by atoms with Gasteiger partial charge >= 0.3 is 0 Å². The summed E-state index contributed by atoms with van der Waals surface area (Å²) in [5.74, 6) is 1.00. The third kappa shape index (κ3) is 2.03. The highest BCUT2D eigenvalue weighted by molar-refractivity contribution is 7.13. The highest BCUT2D eigenvalue weighted by atomic mass is 32.1. The van der Waals surface area contributed by atoms with Crippen LogP contribution in [0, 0.1) is 6.92 Å². The maximum absolute atomic E-state index is 9.22. The molecule has 0 aliphatic heterocycles. The lowest BCUT2D eigenvalue weighted by Crippen LogP contribution is -2.04. The SMILES string of the molecule is CCC(CO)c1ncc(-c2sccc2C)[nH]1. The monoisotopic (exact) mass is 236 g/mol. The number of thiophene rings is 1. The van der Waals surface area contributed by atoms with Crippen LogP contribution >= 0.6 is 11.3 Å². The minimum atomic E-state index is 0.119. The Hall–Kier alpha value is -1.13. The molecule has 0 aliphatic rings. The fourth-order valence-corrected chi connectivity index (χ4v) is 2.61. The predicted molar refractivity (Wildman–Crippen MR) is 66.8 cm³/mol. The van der Waals surface area contributed by atoms with E-state index in [-0.39, 0.29) is 12.5 Å². The molecule has 4 heteroatoms. The van der Waals surface area contributed by atoms with E-state index in [2.05, 4.69) is 35.3 Å². The second-order valence-electron chi connectivity index (χ2n) is 3.90. The van der Waals surface area contributed by atoms with E-state index in [0.717, 1.165) is 17.9 Å². The van der Waals surface area contributed by atoms with Crippen molar-refractivity contribution in [3.63, 3.8) is 0 Å². The number of hydrogen-bond acceptors (Lipinski definition) is 3. The zero-order chi connectivity index (χ0) is 11.5. The summed E-state index contributed by atoms with van der Waals surface area (Å²) >= 11 is 1.71. The van der Waals surface area contributed by atoms with Crippen molar-refractivity contribution < 1.29 is 5.11 Å². The summed E-state index contributed by atoms with van der Waals surface area (Å²) in [4.78, 5) is 8.87. The van der Waals surface area contributed by atoms with Crippen molar-refractivity contribution in [2.24, 2.45) is 0 Å². The van der Waals surface area contributed by atoms with Gasteiger partial charge in [-0.15, -0.1) is 11.3 Å². The highest BCUT2D eigenvalue weighted by Gasteiger charge is 2.13. The third-order valence-electron chi connectivity index (χ3n) is 2.80. The van der Waals surface area contributed by atoms with Crippen LogP contribution in [-0.2, 0) is 0 Å². The average Bonchev–Trinajstić information content (AvgIpc) is 2.89. The van der Waals surface area contributed by atoms with E-state index < -0.39 is 0 Å². The lowest BCUT2D eigenvalue weighted by Gasteiger charge is -2.06. The molecular formula is C12H16N2OS. The van der Waals surface area contributed by atoms with Gasteiger partial charge in [0.25, 0.3) is 0 Å². The van der Waals surface area contributed by atoms with Gasteiger partial charge in [-0.2, -0.15) is 0 Å². The van der Waals surface area contributed by atoms with E-state index >= 15 is 0 Å². The molecule has 0 spiro atoms. The number of aromatic nitrogens is 2. The Labute approximate surface area is 99.2 Å². The average molecular weight is 236 g/mol. The standard InChI is InChI=1S/C12H16N2OS/c1-3-9(7-15)12-13-6-10(14-12)11-8(2)4-5-16-11/h4-6,9,15H,3,7H2,1-2H3,(H,13,14). The van der Waals surface area contributed by atoms with Gasteiger partial charge in [0.1, 0.15) is 5.82 Å². The lowest BCUT2D eigenvalue weighted by molar-refractivity contribution is 0.258. The van der Waals surface area contributed by atoms with Crippen LogP contribution in [0.4, 0.5) is 0 Å². The van der Waals surface area contributed by atoms with Crippen molar-refractivity contribution in [3.05, 3.63) is 29.0 Å². The Morgan fingerprint density at radius 2 is 2.38 bits per heavy atom. The minimum absolute atomic E-state index is 0.119. The molecule has 0 amide bonds. The van der Waals surface area contributed by atoms with Crippen LogP contribution < -0.4 is 0 Å². The Balaban J connectivity index is 2.29. The summed E-state index contributed by atoms with van der Waals surface area (Å²) in [5.41, 5.74) is 2.31. The molecule has 3 nitrogen and oxygen atoms in total. The molecule has 0 radical (unpaired) electrons. The molecule has 0 aromatic carbocycles. The largest absolute Gasteiger partial charge is 0.396 e. The number of aryl methyl sites for hydroxylation is 1. The zero-order valence-corrected chi connectivity index (χ0v) is 10.3. The van der Waals surface area contributed by atoms with Gasteiger partial charge in [-0.25, -0.2) is 4.98 Å². The quantitative estimate of drug-likeness (QED) is 0.857. The van der Waals surface area contributed by atoms with Crippen molar-refractivity contribution in [2.45, 2.75) is 26.2 Å². The van der Waals surface area contributed by atoms with Gasteiger partial charge in [-0.1, -0.05) is 6.92 Å². The summed E-state index contributed by atoms with van der Waals surface area (Å²) in [6.07, 6.45) is 2.75. The number of H-pyrrole nitrogens is 1. The van der Waals surface area contributed by atoms with Crippen LogP contribution in [0.5, 0.6) is 0 Å². The maximum atomic E-state index is 9.22. The smallest absolute Gasteiger partial charge is 0.111 e. The molecule has 16 heavy (non-hydrogen) atoms. The Morgan fingerprint density at radius 3 is 2.94 bits per heavy atom. The van der Waals surface area contributed by atoms with E-state index in [1.807, 2.05) is 6.20 Å². The molecule has 1 atom stereocenters. The fraction of sp³-hybridized carbons (Fsp3) is 0.417. The first-order valence-corrected chi connectivity index (χ1v) is 6.34. The normalized spacial score (nSPS) is 12.9. The van der Waals surface area contributed by atoms with Crippen LogP contribution in [0.15, 0.2) is 17.6 Å². The highest BCUT2D eigenvalue weighted by Crippen LogP contribution is 2.28. The first-order chi connectivity index (χ1) is 7.76. The summed E-state index contributed by atoms with van der Waals surface area (Å²) in [7, 11) is 0. The molecule has 2 rings (SSSR count). The van der Waals surface area contributed by atoms with E-state index in [1.165, 1.54) is 10.4 Å². The van der Waals surface area contributed by atoms with Crippen molar-refractivity contribution in [1.82, 2.24) is 9.97 Å². The summed E-state index contributed by atoms with van der Waals surface area (Å²) in [6, 6.07) is 2.10.